The van der Waals surface area contributed by atoms with E-state index in [1.807, 2.05) is 24.4 Å². The molecule has 0 aliphatic heterocycles. The molecule has 0 spiro atoms. The predicted molar refractivity (Wildman–Crippen MR) is 89.3 cm³/mol. The molecular weight excluding hydrogens is 294 g/mol. The number of imidazole rings is 1. The molecule has 0 unspecified atom stereocenters. The third kappa shape index (κ3) is 2.50. The summed E-state index contributed by atoms with van der Waals surface area (Å²) in [5.74, 6) is 1.11. The van der Waals surface area contributed by atoms with E-state index in [-0.39, 0.29) is 0 Å². The van der Waals surface area contributed by atoms with Gasteiger partial charge in [-0.05, 0) is 42.7 Å². The van der Waals surface area contributed by atoms with Gasteiger partial charge in [-0.2, -0.15) is 0 Å². The second-order valence-electron chi connectivity index (χ2n) is 5.99. The summed E-state index contributed by atoms with van der Waals surface area (Å²) in [7, 11) is 0. The number of hydrogen-bond donors (Lipinski definition) is 0. The molecule has 3 aromatic rings. The van der Waals surface area contributed by atoms with Gasteiger partial charge in [0.15, 0.2) is 5.65 Å². The van der Waals surface area contributed by atoms with Crippen molar-refractivity contribution in [3.63, 3.8) is 0 Å². The number of benzene rings is 1. The highest BCUT2D eigenvalue weighted by atomic mass is 35.5. The van der Waals surface area contributed by atoms with E-state index in [0.29, 0.717) is 6.04 Å². The number of halogens is 1. The zero-order chi connectivity index (χ0) is 14.9. The molecule has 0 saturated heterocycles. The molecule has 2 aromatic heterocycles. The minimum atomic E-state index is 0.544. The summed E-state index contributed by atoms with van der Waals surface area (Å²) in [6.45, 7) is 0. The van der Waals surface area contributed by atoms with Crippen molar-refractivity contribution in [3.8, 4) is 0 Å². The Bertz CT molecular complexity index is 786. The maximum absolute atomic E-state index is 5.98. The van der Waals surface area contributed by atoms with Crippen LogP contribution in [0.25, 0.3) is 11.2 Å². The van der Waals surface area contributed by atoms with Crippen LogP contribution in [0.1, 0.15) is 43.1 Å². The van der Waals surface area contributed by atoms with Crippen LogP contribution in [0.2, 0.25) is 5.02 Å². The molecular formula is C18H18ClN3. The van der Waals surface area contributed by atoms with Crippen molar-refractivity contribution in [2.24, 2.45) is 0 Å². The van der Waals surface area contributed by atoms with Gasteiger partial charge in [0, 0.05) is 23.7 Å². The van der Waals surface area contributed by atoms with Crippen molar-refractivity contribution >= 4 is 22.8 Å². The smallest absolute Gasteiger partial charge is 0.160 e. The Morgan fingerprint density at radius 1 is 1.09 bits per heavy atom. The maximum atomic E-state index is 5.98. The van der Waals surface area contributed by atoms with Gasteiger partial charge in [-0.3, -0.25) is 0 Å². The third-order valence-electron chi connectivity index (χ3n) is 4.49. The molecule has 4 heteroatoms. The Kier molecular flexibility index (Phi) is 3.59. The summed E-state index contributed by atoms with van der Waals surface area (Å²) in [5, 5.41) is 0.773. The van der Waals surface area contributed by atoms with E-state index in [2.05, 4.69) is 27.8 Å². The first-order valence-electron chi connectivity index (χ1n) is 7.87. The van der Waals surface area contributed by atoms with Crippen molar-refractivity contribution in [1.82, 2.24) is 14.5 Å². The van der Waals surface area contributed by atoms with Crippen LogP contribution in [0.5, 0.6) is 0 Å². The highest BCUT2D eigenvalue weighted by molar-refractivity contribution is 6.30. The summed E-state index contributed by atoms with van der Waals surface area (Å²) in [4.78, 5) is 9.42. The molecule has 112 valence electrons. The molecule has 1 saturated carbocycles. The highest BCUT2D eigenvalue weighted by Gasteiger charge is 2.23. The van der Waals surface area contributed by atoms with Crippen LogP contribution in [0.15, 0.2) is 42.6 Å². The first-order valence-corrected chi connectivity index (χ1v) is 8.25. The van der Waals surface area contributed by atoms with Crippen LogP contribution < -0.4 is 0 Å². The molecule has 1 aliphatic rings. The van der Waals surface area contributed by atoms with E-state index < -0.39 is 0 Å². The summed E-state index contributed by atoms with van der Waals surface area (Å²) in [6.07, 6.45) is 7.76. The fourth-order valence-corrected chi connectivity index (χ4v) is 3.56. The van der Waals surface area contributed by atoms with Gasteiger partial charge in [-0.15, -0.1) is 0 Å². The number of hydrogen-bond acceptors (Lipinski definition) is 2. The number of fused-ring (bicyclic) bond motifs is 1. The van der Waals surface area contributed by atoms with Crippen LogP contribution in [0.3, 0.4) is 0 Å². The first kappa shape index (κ1) is 13.8. The molecule has 0 atom stereocenters. The number of nitrogens with zero attached hydrogens (tertiary/aromatic N) is 3. The van der Waals surface area contributed by atoms with Gasteiger partial charge in [0.05, 0.1) is 0 Å². The fourth-order valence-electron chi connectivity index (χ4n) is 3.43. The Balaban J connectivity index is 1.78. The highest BCUT2D eigenvalue weighted by Crippen LogP contribution is 2.33. The van der Waals surface area contributed by atoms with Crippen molar-refractivity contribution in [1.29, 1.82) is 0 Å². The lowest BCUT2D eigenvalue weighted by Crippen LogP contribution is -2.10. The fraction of sp³-hybridized carbons (Fsp3) is 0.333. The Morgan fingerprint density at radius 3 is 2.64 bits per heavy atom. The zero-order valence-electron chi connectivity index (χ0n) is 12.4. The maximum Gasteiger partial charge on any atom is 0.160 e. The topological polar surface area (TPSA) is 30.7 Å². The standard InChI is InChI=1S/C18H18ClN3/c19-14-9-7-13(8-10-14)12-17-21-16-6-3-11-20-18(16)22(17)15-4-1-2-5-15/h3,6-11,15H,1-2,4-5,12H2. The zero-order valence-corrected chi connectivity index (χ0v) is 13.1. The summed E-state index contributed by atoms with van der Waals surface area (Å²) >= 11 is 5.98. The van der Waals surface area contributed by atoms with Gasteiger partial charge in [0.2, 0.25) is 0 Å². The quantitative estimate of drug-likeness (QED) is 0.696. The van der Waals surface area contributed by atoms with Crippen molar-refractivity contribution in [2.45, 2.75) is 38.1 Å². The molecule has 2 heterocycles. The van der Waals surface area contributed by atoms with Gasteiger partial charge in [-0.25, -0.2) is 9.97 Å². The van der Waals surface area contributed by atoms with Crippen LogP contribution in [0.4, 0.5) is 0 Å². The van der Waals surface area contributed by atoms with Gasteiger partial charge in [0.1, 0.15) is 11.3 Å². The molecule has 0 N–H and O–H groups in total. The molecule has 1 aromatic carbocycles. The van der Waals surface area contributed by atoms with Crippen LogP contribution >= 0.6 is 11.6 Å². The van der Waals surface area contributed by atoms with Gasteiger partial charge >= 0.3 is 0 Å². The van der Waals surface area contributed by atoms with Crippen LogP contribution in [-0.4, -0.2) is 14.5 Å². The third-order valence-corrected chi connectivity index (χ3v) is 4.74. The Hall–Kier alpha value is -1.87. The Labute approximate surface area is 135 Å². The van der Waals surface area contributed by atoms with Crippen LogP contribution in [-0.2, 0) is 6.42 Å². The Morgan fingerprint density at radius 2 is 1.86 bits per heavy atom. The summed E-state index contributed by atoms with van der Waals surface area (Å²) in [6, 6.07) is 12.6. The van der Waals surface area contributed by atoms with Gasteiger partial charge < -0.3 is 4.57 Å². The molecule has 0 amide bonds. The minimum Gasteiger partial charge on any atom is -0.309 e. The van der Waals surface area contributed by atoms with Crippen molar-refractivity contribution in [2.75, 3.05) is 0 Å². The second-order valence-corrected chi connectivity index (χ2v) is 6.42. The van der Waals surface area contributed by atoms with E-state index in [4.69, 9.17) is 16.6 Å². The lowest BCUT2D eigenvalue weighted by Gasteiger charge is -2.15. The van der Waals surface area contributed by atoms with E-state index >= 15 is 0 Å². The SMILES string of the molecule is Clc1ccc(Cc2nc3cccnc3n2C2CCCC2)cc1. The second kappa shape index (κ2) is 5.73. The lowest BCUT2D eigenvalue weighted by molar-refractivity contribution is 0.511. The lowest BCUT2D eigenvalue weighted by atomic mass is 10.1. The average Bonchev–Trinajstić information content (AvgIpc) is 3.16. The van der Waals surface area contributed by atoms with E-state index in [1.54, 1.807) is 0 Å². The summed E-state index contributed by atoms with van der Waals surface area (Å²) < 4.78 is 2.37. The number of aromatic nitrogens is 3. The molecule has 1 fully saturated rings. The van der Waals surface area contributed by atoms with Crippen LogP contribution in [0, 0.1) is 0 Å². The monoisotopic (exact) mass is 311 g/mol. The summed E-state index contributed by atoms with van der Waals surface area (Å²) in [5.41, 5.74) is 3.26. The van der Waals surface area contributed by atoms with Crippen molar-refractivity contribution < 1.29 is 0 Å². The molecule has 22 heavy (non-hydrogen) atoms. The van der Waals surface area contributed by atoms with Crippen molar-refractivity contribution in [3.05, 3.63) is 59.0 Å². The first-order chi connectivity index (χ1) is 10.8. The number of pyridine rings is 1. The molecule has 0 bridgehead atoms. The average molecular weight is 312 g/mol. The largest absolute Gasteiger partial charge is 0.309 e. The molecule has 1 aliphatic carbocycles. The molecule has 3 nitrogen and oxygen atoms in total. The molecule has 4 rings (SSSR count). The molecule has 0 radical (unpaired) electrons. The predicted octanol–water partition coefficient (Wildman–Crippen LogP) is 4.79. The number of rotatable bonds is 3. The van der Waals surface area contributed by atoms with Gasteiger partial charge in [0.25, 0.3) is 0 Å². The van der Waals surface area contributed by atoms with E-state index in [0.717, 1.165) is 28.4 Å². The van der Waals surface area contributed by atoms with Gasteiger partial charge in [-0.1, -0.05) is 36.6 Å². The normalized spacial score (nSPS) is 15.7. The van der Waals surface area contributed by atoms with E-state index in [9.17, 15) is 0 Å². The van der Waals surface area contributed by atoms with E-state index in [1.165, 1.54) is 31.2 Å². The minimum absolute atomic E-state index is 0.544.